The zero-order valence-electron chi connectivity index (χ0n) is 15.6. The summed E-state index contributed by atoms with van der Waals surface area (Å²) in [7, 11) is 0. The van der Waals surface area contributed by atoms with Crippen LogP contribution in [0.15, 0.2) is 12.1 Å². The highest BCUT2D eigenvalue weighted by molar-refractivity contribution is 7.11. The van der Waals surface area contributed by atoms with Crippen molar-refractivity contribution >= 4 is 28.5 Å². The molecule has 0 atom stereocenters. The fourth-order valence-electron chi connectivity index (χ4n) is 2.26. The number of carbonyl (C=O) groups is 2. The molecule has 0 saturated carbocycles. The average molecular weight is 395 g/mol. The highest BCUT2D eigenvalue weighted by Crippen LogP contribution is 2.31. The van der Waals surface area contributed by atoms with Crippen molar-refractivity contribution in [2.45, 2.75) is 34.3 Å². The van der Waals surface area contributed by atoms with Gasteiger partial charge in [-0.15, -0.1) is 0 Å². The molecule has 1 aromatic carbocycles. The van der Waals surface area contributed by atoms with Crippen molar-refractivity contribution in [3.05, 3.63) is 40.2 Å². The van der Waals surface area contributed by atoms with Crippen LogP contribution in [-0.2, 0) is 6.61 Å². The van der Waals surface area contributed by atoms with Gasteiger partial charge in [-0.1, -0.05) is 26.0 Å². The van der Waals surface area contributed by atoms with Crippen LogP contribution >= 0.6 is 11.5 Å². The van der Waals surface area contributed by atoms with Gasteiger partial charge in [-0.3, -0.25) is 5.32 Å². The number of hydrogen-bond donors (Lipinski definition) is 3. The summed E-state index contributed by atoms with van der Waals surface area (Å²) in [5.41, 5.74) is 1.32. The van der Waals surface area contributed by atoms with Crippen molar-refractivity contribution < 1.29 is 23.8 Å². The van der Waals surface area contributed by atoms with Crippen molar-refractivity contribution in [3.63, 3.8) is 0 Å². The highest BCUT2D eigenvalue weighted by atomic mass is 32.1. The van der Waals surface area contributed by atoms with Crippen molar-refractivity contribution in [3.8, 4) is 5.88 Å². The number of ether oxygens (including phenoxy) is 1. The molecule has 0 spiro atoms. The van der Waals surface area contributed by atoms with E-state index in [2.05, 4.69) is 15.0 Å². The Balaban J connectivity index is 2.14. The van der Waals surface area contributed by atoms with Gasteiger partial charge in [0.05, 0.1) is 0 Å². The van der Waals surface area contributed by atoms with E-state index in [1.54, 1.807) is 26.0 Å². The summed E-state index contributed by atoms with van der Waals surface area (Å²) in [5, 5.41) is 14.6. The standard InChI is InChI=1S/C18H22FN3O4S/c1-9(2)7-20-18(25)21-16-13(17(23)24)15(22-27-16)26-8-12-6-5-10(3)14(19)11(12)4/h5-6,9H,7-8H2,1-4H3,(H,23,24)(H2,20,21,25). The first kappa shape index (κ1) is 20.6. The Kier molecular flexibility index (Phi) is 6.73. The molecule has 3 N–H and O–H groups in total. The fraction of sp³-hybridized carbons (Fsp3) is 0.389. The zero-order valence-corrected chi connectivity index (χ0v) is 16.4. The molecule has 9 heteroatoms. The van der Waals surface area contributed by atoms with E-state index >= 15 is 0 Å². The van der Waals surface area contributed by atoms with E-state index in [-0.39, 0.29) is 34.8 Å². The maximum Gasteiger partial charge on any atom is 0.344 e. The van der Waals surface area contributed by atoms with Gasteiger partial charge in [0.1, 0.15) is 17.4 Å². The molecular formula is C18H22FN3O4S. The number of nitrogens with zero attached hydrogens (tertiary/aromatic N) is 1. The van der Waals surface area contributed by atoms with Gasteiger partial charge in [-0.2, -0.15) is 4.37 Å². The lowest BCUT2D eigenvalue weighted by Crippen LogP contribution is -2.31. The third kappa shape index (κ3) is 5.16. The van der Waals surface area contributed by atoms with Crippen LogP contribution in [0, 0.1) is 25.6 Å². The zero-order chi connectivity index (χ0) is 20.1. The molecular weight excluding hydrogens is 373 g/mol. The molecule has 0 aliphatic heterocycles. The Hall–Kier alpha value is -2.68. The molecule has 0 aliphatic carbocycles. The number of carboxylic acids is 1. The minimum atomic E-state index is -1.27. The summed E-state index contributed by atoms with van der Waals surface area (Å²) >= 11 is 0.810. The lowest BCUT2D eigenvalue weighted by molar-refractivity contribution is 0.0693. The number of amides is 2. The van der Waals surface area contributed by atoms with Crippen molar-refractivity contribution in [1.29, 1.82) is 0 Å². The van der Waals surface area contributed by atoms with Crippen LogP contribution in [0.1, 0.15) is 40.9 Å². The number of nitrogens with one attached hydrogen (secondary N) is 2. The number of aromatic carboxylic acids is 1. The van der Waals surface area contributed by atoms with Crippen LogP contribution in [0.3, 0.4) is 0 Å². The molecule has 0 bridgehead atoms. The molecule has 146 valence electrons. The Labute approximate surface area is 160 Å². The fourth-order valence-corrected chi connectivity index (χ4v) is 2.98. The third-order valence-corrected chi connectivity index (χ3v) is 4.57. The first-order valence-electron chi connectivity index (χ1n) is 8.35. The molecule has 0 saturated heterocycles. The Morgan fingerprint density at radius 2 is 2.04 bits per heavy atom. The predicted octanol–water partition coefficient (Wildman–Crippen LogP) is 3.95. The normalized spacial score (nSPS) is 10.7. The number of carbonyl (C=O) groups excluding carboxylic acids is 1. The molecule has 0 aliphatic rings. The maximum absolute atomic E-state index is 14.0. The molecule has 0 radical (unpaired) electrons. The van der Waals surface area contributed by atoms with Gasteiger partial charge < -0.3 is 15.2 Å². The number of carboxylic acid groups (broad SMARTS) is 1. The summed E-state index contributed by atoms with van der Waals surface area (Å²) in [5.74, 6) is -1.46. The summed E-state index contributed by atoms with van der Waals surface area (Å²) in [6.07, 6.45) is 0. The topological polar surface area (TPSA) is 101 Å². The maximum atomic E-state index is 14.0. The van der Waals surface area contributed by atoms with Crippen LogP contribution in [0.5, 0.6) is 5.88 Å². The summed E-state index contributed by atoms with van der Waals surface area (Å²) < 4.78 is 23.5. The van der Waals surface area contributed by atoms with Crippen molar-refractivity contribution in [1.82, 2.24) is 9.69 Å². The van der Waals surface area contributed by atoms with Gasteiger partial charge in [0.15, 0.2) is 5.56 Å². The summed E-state index contributed by atoms with van der Waals surface area (Å²) in [6.45, 7) is 7.60. The van der Waals surface area contributed by atoms with Crippen LogP contribution < -0.4 is 15.4 Å². The average Bonchev–Trinajstić information content (AvgIpc) is 3.00. The van der Waals surface area contributed by atoms with Gasteiger partial charge in [0.2, 0.25) is 5.88 Å². The largest absolute Gasteiger partial charge is 0.477 e. The molecule has 2 rings (SSSR count). The molecule has 2 amide bonds. The van der Waals surface area contributed by atoms with Gasteiger partial charge >= 0.3 is 12.0 Å². The number of benzene rings is 1. The Bertz CT molecular complexity index is 851. The third-order valence-electron chi connectivity index (χ3n) is 3.83. The second-order valence-electron chi connectivity index (χ2n) is 6.50. The summed E-state index contributed by atoms with van der Waals surface area (Å²) in [4.78, 5) is 23.5. The Morgan fingerprint density at radius 3 is 2.67 bits per heavy atom. The number of aryl methyl sites for hydroxylation is 1. The number of aromatic nitrogens is 1. The van der Waals surface area contributed by atoms with Gasteiger partial charge in [0, 0.05) is 6.54 Å². The molecule has 0 fully saturated rings. The second-order valence-corrected chi connectivity index (χ2v) is 7.27. The van der Waals surface area contributed by atoms with E-state index in [1.807, 2.05) is 13.8 Å². The highest BCUT2D eigenvalue weighted by Gasteiger charge is 2.23. The molecule has 1 heterocycles. The van der Waals surface area contributed by atoms with Gasteiger partial charge in [0.25, 0.3) is 0 Å². The van der Waals surface area contributed by atoms with E-state index in [9.17, 15) is 19.1 Å². The number of hydrogen-bond acceptors (Lipinski definition) is 5. The van der Waals surface area contributed by atoms with Crippen molar-refractivity contribution in [2.24, 2.45) is 5.92 Å². The predicted molar refractivity (Wildman–Crippen MR) is 101 cm³/mol. The lowest BCUT2D eigenvalue weighted by atomic mass is 10.1. The number of halogens is 1. The molecule has 7 nitrogen and oxygen atoms in total. The van der Waals surface area contributed by atoms with Crippen LogP contribution in [-0.4, -0.2) is 28.0 Å². The van der Waals surface area contributed by atoms with Crippen LogP contribution in [0.25, 0.3) is 0 Å². The minimum Gasteiger partial charge on any atom is -0.477 e. The quantitative estimate of drug-likeness (QED) is 0.659. The number of rotatable bonds is 7. The number of anilines is 1. The first-order valence-corrected chi connectivity index (χ1v) is 9.13. The monoisotopic (exact) mass is 395 g/mol. The summed E-state index contributed by atoms with van der Waals surface area (Å²) in [6, 6.07) is 2.84. The molecule has 1 aromatic heterocycles. The van der Waals surface area contributed by atoms with E-state index in [1.165, 1.54) is 0 Å². The lowest BCUT2D eigenvalue weighted by Gasteiger charge is -2.10. The molecule has 2 aromatic rings. The smallest absolute Gasteiger partial charge is 0.344 e. The van der Waals surface area contributed by atoms with Gasteiger partial charge in [-0.05, 0) is 48.0 Å². The molecule has 0 unspecified atom stereocenters. The van der Waals surface area contributed by atoms with E-state index in [4.69, 9.17) is 4.74 Å². The van der Waals surface area contributed by atoms with Gasteiger partial charge in [-0.25, -0.2) is 14.0 Å². The number of urea groups is 1. The Morgan fingerprint density at radius 1 is 1.33 bits per heavy atom. The van der Waals surface area contributed by atoms with Crippen LogP contribution in [0.4, 0.5) is 14.2 Å². The SMILES string of the molecule is Cc1ccc(COc2nsc(NC(=O)NCC(C)C)c2C(=O)O)c(C)c1F. The second kappa shape index (κ2) is 8.81. The van der Waals surface area contributed by atoms with Crippen LogP contribution in [0.2, 0.25) is 0 Å². The molecule has 27 heavy (non-hydrogen) atoms. The van der Waals surface area contributed by atoms with E-state index < -0.39 is 12.0 Å². The van der Waals surface area contributed by atoms with Crippen molar-refractivity contribution in [2.75, 3.05) is 11.9 Å². The minimum absolute atomic E-state index is 0.0357. The van der Waals surface area contributed by atoms with E-state index in [0.717, 1.165) is 11.5 Å². The first-order chi connectivity index (χ1) is 12.7. The van der Waals surface area contributed by atoms with E-state index in [0.29, 0.717) is 23.2 Å².